The minimum absolute atomic E-state index is 0.0393. The Morgan fingerprint density at radius 3 is 2.71 bits per heavy atom. The summed E-state index contributed by atoms with van der Waals surface area (Å²) in [4.78, 5) is 12.3. The summed E-state index contributed by atoms with van der Waals surface area (Å²) in [5.41, 5.74) is 6.91. The molecule has 3 rings (SSSR count). The molecular formula is C16H22N2O3. The Kier molecular flexibility index (Phi) is 4.01. The topological polar surface area (TPSA) is 73.6 Å². The highest BCUT2D eigenvalue weighted by atomic mass is 16.7. The van der Waals surface area contributed by atoms with E-state index in [1.54, 1.807) is 0 Å². The second-order valence-corrected chi connectivity index (χ2v) is 5.95. The molecule has 1 aliphatic heterocycles. The van der Waals surface area contributed by atoms with E-state index < -0.39 is 0 Å². The number of nitrogens with two attached hydrogens (primary N) is 1. The van der Waals surface area contributed by atoms with Crippen LogP contribution in [0.1, 0.15) is 44.2 Å². The van der Waals surface area contributed by atoms with Crippen molar-refractivity contribution in [3.05, 3.63) is 23.8 Å². The Hall–Kier alpha value is -1.75. The van der Waals surface area contributed by atoms with Gasteiger partial charge in [0, 0.05) is 12.0 Å². The lowest BCUT2D eigenvalue weighted by atomic mass is 9.85. The molecule has 0 saturated heterocycles. The lowest BCUT2D eigenvalue weighted by molar-refractivity contribution is -0.126. The molecule has 1 unspecified atom stereocenters. The van der Waals surface area contributed by atoms with E-state index in [1.807, 2.05) is 25.1 Å². The van der Waals surface area contributed by atoms with Gasteiger partial charge in [-0.15, -0.1) is 0 Å². The first kappa shape index (κ1) is 14.2. The van der Waals surface area contributed by atoms with E-state index in [4.69, 9.17) is 15.2 Å². The lowest BCUT2D eigenvalue weighted by Crippen LogP contribution is -2.37. The molecule has 114 valence electrons. The molecule has 1 atom stereocenters. The molecule has 1 aromatic rings. The first-order valence-electron chi connectivity index (χ1n) is 7.59. The van der Waals surface area contributed by atoms with Gasteiger partial charge in [0.25, 0.3) is 0 Å². The molecule has 5 nitrogen and oxygen atoms in total. The summed E-state index contributed by atoms with van der Waals surface area (Å²) < 4.78 is 10.7. The third kappa shape index (κ3) is 3.13. The van der Waals surface area contributed by atoms with E-state index >= 15 is 0 Å². The summed E-state index contributed by atoms with van der Waals surface area (Å²) in [5.74, 6) is 1.74. The van der Waals surface area contributed by atoms with Crippen molar-refractivity contribution in [3.63, 3.8) is 0 Å². The SMILES string of the molecule is CC(NC(=O)C1CCC(N)CC1)c1ccc2c(c1)OCO2. The summed E-state index contributed by atoms with van der Waals surface area (Å²) in [6.45, 7) is 2.26. The van der Waals surface area contributed by atoms with Gasteiger partial charge in [-0.1, -0.05) is 6.07 Å². The third-order valence-electron chi connectivity index (χ3n) is 4.40. The molecule has 3 N–H and O–H groups in total. The standard InChI is InChI=1S/C16H22N2O3/c1-10(12-4-7-14-15(8-12)21-9-20-14)18-16(19)11-2-5-13(17)6-3-11/h4,7-8,10-11,13H,2-3,5-6,9,17H2,1H3,(H,18,19). The molecule has 1 aromatic carbocycles. The zero-order valence-electron chi connectivity index (χ0n) is 12.3. The van der Waals surface area contributed by atoms with Crippen molar-refractivity contribution in [2.45, 2.75) is 44.7 Å². The van der Waals surface area contributed by atoms with Crippen LogP contribution in [0.25, 0.3) is 0 Å². The quantitative estimate of drug-likeness (QED) is 0.894. The zero-order valence-corrected chi connectivity index (χ0v) is 12.3. The maximum Gasteiger partial charge on any atom is 0.231 e. The molecular weight excluding hydrogens is 268 g/mol. The number of hydrogen-bond acceptors (Lipinski definition) is 4. The summed E-state index contributed by atoms with van der Waals surface area (Å²) in [6.07, 6.45) is 3.66. The molecule has 5 heteroatoms. The van der Waals surface area contributed by atoms with E-state index in [9.17, 15) is 4.79 Å². The summed E-state index contributed by atoms with van der Waals surface area (Å²) in [7, 11) is 0. The third-order valence-corrected chi connectivity index (χ3v) is 4.40. The molecule has 0 spiro atoms. The normalized spacial score (nSPS) is 25.4. The summed E-state index contributed by atoms with van der Waals surface area (Å²) >= 11 is 0. The first-order chi connectivity index (χ1) is 10.1. The average Bonchev–Trinajstić information content (AvgIpc) is 2.95. The van der Waals surface area contributed by atoms with Crippen LogP contribution in [-0.2, 0) is 4.79 Å². The van der Waals surface area contributed by atoms with E-state index in [2.05, 4.69) is 5.32 Å². The lowest BCUT2D eigenvalue weighted by Gasteiger charge is -2.26. The van der Waals surface area contributed by atoms with Gasteiger partial charge in [-0.25, -0.2) is 0 Å². The number of ether oxygens (including phenoxy) is 2. The highest BCUT2D eigenvalue weighted by Gasteiger charge is 2.26. The molecule has 21 heavy (non-hydrogen) atoms. The molecule has 1 aliphatic carbocycles. The van der Waals surface area contributed by atoms with E-state index in [-0.39, 0.29) is 30.7 Å². The van der Waals surface area contributed by atoms with Gasteiger partial charge in [0.05, 0.1) is 6.04 Å². The van der Waals surface area contributed by atoms with Crippen molar-refractivity contribution < 1.29 is 14.3 Å². The van der Waals surface area contributed by atoms with Gasteiger partial charge in [-0.05, 0) is 50.3 Å². The van der Waals surface area contributed by atoms with Crippen LogP contribution in [-0.4, -0.2) is 18.7 Å². The molecule has 0 radical (unpaired) electrons. The van der Waals surface area contributed by atoms with Crippen LogP contribution in [0.4, 0.5) is 0 Å². The van der Waals surface area contributed by atoms with Crippen molar-refractivity contribution in [2.24, 2.45) is 11.7 Å². The first-order valence-corrected chi connectivity index (χ1v) is 7.59. The average molecular weight is 290 g/mol. The summed E-state index contributed by atoms with van der Waals surface area (Å²) in [5, 5.41) is 3.10. The molecule has 0 bridgehead atoms. The zero-order chi connectivity index (χ0) is 14.8. The minimum atomic E-state index is -0.0393. The van der Waals surface area contributed by atoms with E-state index in [0.717, 1.165) is 42.7 Å². The Balaban J connectivity index is 1.60. The van der Waals surface area contributed by atoms with Crippen molar-refractivity contribution in [3.8, 4) is 11.5 Å². The van der Waals surface area contributed by atoms with Crippen molar-refractivity contribution in [1.29, 1.82) is 0 Å². The van der Waals surface area contributed by atoms with Gasteiger partial charge in [-0.3, -0.25) is 4.79 Å². The van der Waals surface area contributed by atoms with Crippen molar-refractivity contribution in [1.82, 2.24) is 5.32 Å². The number of hydrogen-bond donors (Lipinski definition) is 2. The highest BCUT2D eigenvalue weighted by molar-refractivity contribution is 5.79. The second-order valence-electron chi connectivity index (χ2n) is 5.95. The number of amides is 1. The molecule has 1 heterocycles. The number of carbonyl (C=O) groups excluding carboxylic acids is 1. The van der Waals surface area contributed by atoms with Gasteiger partial charge < -0.3 is 20.5 Å². The number of fused-ring (bicyclic) bond motifs is 1. The van der Waals surface area contributed by atoms with Gasteiger partial charge >= 0.3 is 0 Å². The smallest absolute Gasteiger partial charge is 0.231 e. The second kappa shape index (κ2) is 5.93. The largest absolute Gasteiger partial charge is 0.454 e. The Bertz CT molecular complexity index is 524. The number of nitrogens with one attached hydrogen (secondary N) is 1. The van der Waals surface area contributed by atoms with E-state index in [0.29, 0.717) is 0 Å². The Morgan fingerprint density at radius 1 is 1.24 bits per heavy atom. The van der Waals surface area contributed by atoms with Crippen LogP contribution in [0.15, 0.2) is 18.2 Å². The highest BCUT2D eigenvalue weighted by Crippen LogP contribution is 2.34. The monoisotopic (exact) mass is 290 g/mol. The predicted octanol–water partition coefficient (Wildman–Crippen LogP) is 2.11. The maximum absolute atomic E-state index is 12.3. The van der Waals surface area contributed by atoms with Crippen LogP contribution in [0, 0.1) is 5.92 Å². The Morgan fingerprint density at radius 2 is 1.95 bits per heavy atom. The van der Waals surface area contributed by atoms with Crippen LogP contribution in [0.5, 0.6) is 11.5 Å². The molecule has 2 aliphatic rings. The molecule has 0 aromatic heterocycles. The van der Waals surface area contributed by atoms with Gasteiger partial charge in [0.1, 0.15) is 0 Å². The van der Waals surface area contributed by atoms with Gasteiger partial charge in [-0.2, -0.15) is 0 Å². The van der Waals surface area contributed by atoms with Crippen LogP contribution < -0.4 is 20.5 Å². The maximum atomic E-state index is 12.3. The molecule has 1 saturated carbocycles. The van der Waals surface area contributed by atoms with Crippen LogP contribution >= 0.6 is 0 Å². The van der Waals surface area contributed by atoms with Crippen molar-refractivity contribution in [2.75, 3.05) is 6.79 Å². The van der Waals surface area contributed by atoms with Gasteiger partial charge in [0.2, 0.25) is 12.7 Å². The number of benzene rings is 1. The van der Waals surface area contributed by atoms with Gasteiger partial charge in [0.15, 0.2) is 11.5 Å². The predicted molar refractivity (Wildman–Crippen MR) is 79.1 cm³/mol. The molecule has 1 fully saturated rings. The minimum Gasteiger partial charge on any atom is -0.454 e. The molecule has 1 amide bonds. The fraction of sp³-hybridized carbons (Fsp3) is 0.562. The van der Waals surface area contributed by atoms with Crippen molar-refractivity contribution >= 4 is 5.91 Å². The Labute approximate surface area is 124 Å². The van der Waals surface area contributed by atoms with E-state index in [1.165, 1.54) is 0 Å². The van der Waals surface area contributed by atoms with Crippen LogP contribution in [0.2, 0.25) is 0 Å². The number of carbonyl (C=O) groups is 1. The fourth-order valence-corrected chi connectivity index (χ4v) is 2.98. The number of rotatable bonds is 3. The van der Waals surface area contributed by atoms with Crippen LogP contribution in [0.3, 0.4) is 0 Å². The fourth-order valence-electron chi connectivity index (χ4n) is 2.98. The summed E-state index contributed by atoms with van der Waals surface area (Å²) in [6, 6.07) is 6.02.